The van der Waals surface area contributed by atoms with Crippen LogP contribution in [0.5, 0.6) is 0 Å². The van der Waals surface area contributed by atoms with Crippen LogP contribution in [0, 0.1) is 0 Å². The average Bonchev–Trinajstić information content (AvgIpc) is 2.62. The number of halogens is 1. The quantitative estimate of drug-likeness (QED) is 0.716. The van der Waals surface area contributed by atoms with Crippen molar-refractivity contribution in [2.45, 2.75) is 13.1 Å². The third-order valence-corrected chi connectivity index (χ3v) is 4.37. The number of fused-ring (bicyclic) bond motifs is 1. The van der Waals surface area contributed by atoms with Crippen molar-refractivity contribution in [1.82, 2.24) is 14.9 Å². The molecule has 24 heavy (non-hydrogen) atoms. The van der Waals surface area contributed by atoms with Crippen LogP contribution in [0.25, 0.3) is 0 Å². The Balaban J connectivity index is 1.67. The molecule has 120 valence electrons. The van der Waals surface area contributed by atoms with Gasteiger partial charge in [0.1, 0.15) is 5.82 Å². The first-order valence-corrected chi connectivity index (χ1v) is 8.26. The van der Waals surface area contributed by atoms with Crippen molar-refractivity contribution in [3.05, 3.63) is 83.3 Å². The second-order valence-corrected chi connectivity index (χ2v) is 6.31. The third kappa shape index (κ3) is 3.11. The third-order valence-electron chi connectivity index (χ3n) is 4.13. The highest BCUT2D eigenvalue weighted by Gasteiger charge is 2.24. The van der Waals surface area contributed by atoms with Crippen LogP contribution in [0.2, 0.25) is 5.02 Å². The Bertz CT molecular complexity index is 838. The first-order chi connectivity index (χ1) is 11.8. The zero-order valence-electron chi connectivity index (χ0n) is 13.1. The van der Waals surface area contributed by atoms with Crippen molar-refractivity contribution < 1.29 is 0 Å². The summed E-state index contributed by atoms with van der Waals surface area (Å²) in [5.74, 6) is 1.01. The van der Waals surface area contributed by atoms with E-state index in [0.29, 0.717) is 0 Å². The van der Waals surface area contributed by atoms with Gasteiger partial charge in [-0.15, -0.1) is 0 Å². The second kappa shape index (κ2) is 6.59. The SMILES string of the molecule is Clc1cccc(N2CN(Cc3ccncc3)Cc3cccnc32)c1. The molecule has 4 nitrogen and oxygen atoms in total. The van der Waals surface area contributed by atoms with Gasteiger partial charge in [0.15, 0.2) is 0 Å². The molecule has 0 aliphatic carbocycles. The van der Waals surface area contributed by atoms with Gasteiger partial charge in [0.05, 0.1) is 6.67 Å². The van der Waals surface area contributed by atoms with Crippen molar-refractivity contribution in [3.63, 3.8) is 0 Å². The van der Waals surface area contributed by atoms with Crippen molar-refractivity contribution in [2.75, 3.05) is 11.6 Å². The number of hydrogen-bond acceptors (Lipinski definition) is 4. The van der Waals surface area contributed by atoms with Gasteiger partial charge < -0.3 is 4.90 Å². The number of pyridine rings is 2. The minimum Gasteiger partial charge on any atom is -0.313 e. The molecule has 0 unspecified atom stereocenters. The van der Waals surface area contributed by atoms with Crippen LogP contribution in [0.3, 0.4) is 0 Å². The average molecular weight is 337 g/mol. The standard InChI is InChI=1S/C19H17ClN4/c20-17-4-1-5-18(11-17)24-14-23(12-15-6-9-21-10-7-15)13-16-3-2-8-22-19(16)24/h1-11H,12-14H2. The lowest BCUT2D eigenvalue weighted by molar-refractivity contribution is 0.251. The molecule has 1 aromatic carbocycles. The fraction of sp³-hybridized carbons (Fsp3) is 0.158. The summed E-state index contributed by atoms with van der Waals surface area (Å²) in [6.45, 7) is 2.52. The zero-order valence-corrected chi connectivity index (χ0v) is 13.9. The molecule has 3 heterocycles. The van der Waals surface area contributed by atoms with E-state index in [2.05, 4.69) is 44.0 Å². The molecule has 2 aromatic heterocycles. The van der Waals surface area contributed by atoms with E-state index in [-0.39, 0.29) is 0 Å². The molecular weight excluding hydrogens is 320 g/mol. The molecule has 0 amide bonds. The van der Waals surface area contributed by atoms with Crippen molar-refractivity contribution in [2.24, 2.45) is 0 Å². The molecule has 0 radical (unpaired) electrons. The van der Waals surface area contributed by atoms with Gasteiger partial charge in [-0.3, -0.25) is 9.88 Å². The van der Waals surface area contributed by atoms with Crippen LogP contribution < -0.4 is 4.90 Å². The Hall–Kier alpha value is -2.43. The summed E-state index contributed by atoms with van der Waals surface area (Å²) in [7, 11) is 0. The molecule has 0 saturated carbocycles. The van der Waals surface area contributed by atoms with Crippen LogP contribution >= 0.6 is 11.6 Å². The second-order valence-electron chi connectivity index (χ2n) is 5.88. The number of aromatic nitrogens is 2. The largest absolute Gasteiger partial charge is 0.313 e. The van der Waals surface area contributed by atoms with Gasteiger partial charge in [0.2, 0.25) is 0 Å². The number of anilines is 2. The van der Waals surface area contributed by atoms with Gasteiger partial charge in [-0.05, 0) is 42.0 Å². The van der Waals surface area contributed by atoms with Crippen LogP contribution in [-0.2, 0) is 13.1 Å². The number of rotatable bonds is 3. The van der Waals surface area contributed by atoms with E-state index >= 15 is 0 Å². The van der Waals surface area contributed by atoms with E-state index in [0.717, 1.165) is 36.3 Å². The zero-order chi connectivity index (χ0) is 16.4. The van der Waals surface area contributed by atoms with Crippen molar-refractivity contribution >= 4 is 23.1 Å². The molecule has 0 fully saturated rings. The number of hydrogen-bond donors (Lipinski definition) is 0. The van der Waals surface area contributed by atoms with Crippen molar-refractivity contribution in [1.29, 1.82) is 0 Å². The highest BCUT2D eigenvalue weighted by Crippen LogP contribution is 2.33. The number of nitrogens with zero attached hydrogens (tertiary/aromatic N) is 4. The summed E-state index contributed by atoms with van der Waals surface area (Å²) >= 11 is 6.19. The fourth-order valence-corrected chi connectivity index (χ4v) is 3.24. The van der Waals surface area contributed by atoms with Crippen LogP contribution in [0.4, 0.5) is 11.5 Å². The summed E-state index contributed by atoms with van der Waals surface area (Å²) in [5, 5.41) is 0.733. The van der Waals surface area contributed by atoms with E-state index in [1.165, 1.54) is 11.1 Å². The summed E-state index contributed by atoms with van der Waals surface area (Å²) in [4.78, 5) is 13.3. The van der Waals surface area contributed by atoms with Gasteiger partial charge in [0.25, 0.3) is 0 Å². The minimum absolute atomic E-state index is 0.733. The Kier molecular flexibility index (Phi) is 4.15. The summed E-state index contributed by atoms with van der Waals surface area (Å²) in [6, 6.07) is 16.2. The van der Waals surface area contributed by atoms with Gasteiger partial charge in [0, 0.05) is 48.0 Å². The van der Waals surface area contributed by atoms with E-state index < -0.39 is 0 Å². The highest BCUT2D eigenvalue weighted by atomic mass is 35.5. The molecule has 4 rings (SSSR count). The smallest absolute Gasteiger partial charge is 0.138 e. The minimum atomic E-state index is 0.733. The summed E-state index contributed by atoms with van der Waals surface area (Å²) < 4.78 is 0. The van der Waals surface area contributed by atoms with Gasteiger partial charge in [-0.1, -0.05) is 23.7 Å². The molecule has 0 saturated heterocycles. The van der Waals surface area contributed by atoms with Crippen LogP contribution in [0.15, 0.2) is 67.1 Å². The summed E-state index contributed by atoms with van der Waals surface area (Å²) in [5.41, 5.74) is 3.53. The maximum Gasteiger partial charge on any atom is 0.138 e. The van der Waals surface area contributed by atoms with Crippen molar-refractivity contribution in [3.8, 4) is 0 Å². The molecule has 0 atom stereocenters. The summed E-state index contributed by atoms with van der Waals surface area (Å²) in [6.07, 6.45) is 5.52. The molecule has 3 aromatic rings. The normalized spacial score (nSPS) is 14.5. The molecule has 0 spiro atoms. The molecule has 1 aliphatic rings. The van der Waals surface area contributed by atoms with Crippen LogP contribution in [0.1, 0.15) is 11.1 Å². The Labute approximate surface area is 146 Å². The first-order valence-electron chi connectivity index (χ1n) is 7.88. The first kappa shape index (κ1) is 15.1. The predicted octanol–water partition coefficient (Wildman–Crippen LogP) is 4.24. The topological polar surface area (TPSA) is 32.3 Å². The molecule has 0 bridgehead atoms. The molecule has 0 N–H and O–H groups in total. The molecular formula is C19H17ClN4. The van der Waals surface area contributed by atoms with E-state index in [9.17, 15) is 0 Å². The van der Waals surface area contributed by atoms with Gasteiger partial charge in [-0.2, -0.15) is 0 Å². The highest BCUT2D eigenvalue weighted by molar-refractivity contribution is 6.30. The number of benzene rings is 1. The lowest BCUT2D eigenvalue weighted by Gasteiger charge is -2.37. The van der Waals surface area contributed by atoms with E-state index in [4.69, 9.17) is 11.6 Å². The maximum absolute atomic E-state index is 6.19. The maximum atomic E-state index is 6.19. The van der Waals surface area contributed by atoms with E-state index in [1.807, 2.05) is 42.9 Å². The van der Waals surface area contributed by atoms with Gasteiger partial charge in [-0.25, -0.2) is 4.98 Å². The Morgan fingerprint density at radius 2 is 1.88 bits per heavy atom. The molecule has 1 aliphatic heterocycles. The predicted molar refractivity (Wildman–Crippen MR) is 96.2 cm³/mol. The molecule has 5 heteroatoms. The van der Waals surface area contributed by atoms with E-state index in [1.54, 1.807) is 0 Å². The van der Waals surface area contributed by atoms with Gasteiger partial charge >= 0.3 is 0 Å². The monoisotopic (exact) mass is 336 g/mol. The lowest BCUT2D eigenvalue weighted by atomic mass is 10.1. The Morgan fingerprint density at radius 3 is 2.71 bits per heavy atom. The fourth-order valence-electron chi connectivity index (χ4n) is 3.05. The lowest BCUT2D eigenvalue weighted by Crippen LogP contribution is -2.39. The van der Waals surface area contributed by atoms with Crippen LogP contribution in [-0.4, -0.2) is 21.5 Å². The Morgan fingerprint density at radius 1 is 1.00 bits per heavy atom.